The first-order chi connectivity index (χ1) is 12.9. The summed E-state index contributed by atoms with van der Waals surface area (Å²) < 4.78 is 6.68. The molecule has 0 heterocycles. The van der Waals surface area contributed by atoms with Crippen molar-refractivity contribution in [3.05, 3.63) is 71.8 Å². The number of ketones is 1. The third-order valence-electron chi connectivity index (χ3n) is 4.86. The number of benzene rings is 2. The zero-order valence-corrected chi connectivity index (χ0v) is 18.3. The van der Waals surface area contributed by atoms with Gasteiger partial charge in [-0.2, -0.15) is 0 Å². The Morgan fingerprint density at radius 3 is 2.07 bits per heavy atom. The van der Waals surface area contributed by atoms with Crippen LogP contribution in [0.1, 0.15) is 60.7 Å². The fourth-order valence-corrected chi connectivity index (χ4v) is 5.19. The van der Waals surface area contributed by atoms with E-state index in [1.165, 1.54) is 18.4 Å². The normalized spacial score (nSPS) is 13.9. The first-order valence-electron chi connectivity index (χ1n) is 10.2. The van der Waals surface area contributed by atoms with Crippen LogP contribution < -0.4 is 0 Å². The summed E-state index contributed by atoms with van der Waals surface area (Å²) >= 11 is 0. The Labute approximate surface area is 166 Å². The first-order valence-corrected chi connectivity index (χ1v) is 13.8. The molecule has 0 saturated carbocycles. The van der Waals surface area contributed by atoms with Crippen LogP contribution in [0.3, 0.4) is 0 Å². The molecule has 0 saturated heterocycles. The molecule has 0 aliphatic carbocycles. The highest BCUT2D eigenvalue weighted by Gasteiger charge is 2.32. The van der Waals surface area contributed by atoms with Crippen LogP contribution in [0.5, 0.6) is 0 Å². The predicted molar refractivity (Wildman–Crippen MR) is 117 cm³/mol. The molecule has 0 unspecified atom stereocenters. The van der Waals surface area contributed by atoms with Crippen molar-refractivity contribution in [3.8, 4) is 0 Å². The summed E-state index contributed by atoms with van der Waals surface area (Å²) in [7, 11) is -1.60. The zero-order chi connectivity index (χ0) is 19.7. The number of carbonyl (C=O) groups excluding carboxylic acids is 1. The van der Waals surface area contributed by atoms with Gasteiger partial charge in [-0.05, 0) is 12.0 Å². The zero-order valence-electron chi connectivity index (χ0n) is 17.3. The van der Waals surface area contributed by atoms with Gasteiger partial charge in [0, 0.05) is 12.0 Å². The van der Waals surface area contributed by atoms with Crippen molar-refractivity contribution >= 4 is 13.9 Å². The molecule has 2 aromatic carbocycles. The largest absolute Gasteiger partial charge is 0.373 e. The van der Waals surface area contributed by atoms with Crippen LogP contribution in [0.2, 0.25) is 19.6 Å². The smallest absolute Gasteiger partial charge is 0.165 e. The van der Waals surface area contributed by atoms with Gasteiger partial charge in [-0.15, -0.1) is 0 Å². The topological polar surface area (TPSA) is 26.3 Å². The van der Waals surface area contributed by atoms with Gasteiger partial charge in [0.1, 0.15) is 0 Å². The van der Waals surface area contributed by atoms with Gasteiger partial charge >= 0.3 is 0 Å². The van der Waals surface area contributed by atoms with Crippen molar-refractivity contribution in [3.63, 3.8) is 0 Å². The standard InChI is InChI=1S/C24H34O2Si/c1-5-6-9-18-22(19-23(25)20-14-10-7-11-15-20)26-24(27(2,3)4)21-16-12-8-13-17-21/h7-8,10-17,22,24H,5-6,9,18-19H2,1-4H3/t22-,24+/m1/s1. The second-order valence-electron chi connectivity index (χ2n) is 8.40. The molecule has 0 radical (unpaired) electrons. The van der Waals surface area contributed by atoms with E-state index in [4.69, 9.17) is 4.74 Å². The summed E-state index contributed by atoms with van der Waals surface area (Å²) in [5.41, 5.74) is 2.13. The fraction of sp³-hybridized carbons (Fsp3) is 0.458. The second-order valence-corrected chi connectivity index (χ2v) is 13.7. The Morgan fingerprint density at radius 1 is 0.926 bits per heavy atom. The molecule has 2 rings (SSSR count). The molecule has 0 fully saturated rings. The maximum atomic E-state index is 12.8. The van der Waals surface area contributed by atoms with E-state index in [1.807, 2.05) is 36.4 Å². The van der Waals surface area contributed by atoms with E-state index < -0.39 is 8.07 Å². The molecule has 0 aromatic heterocycles. The molecule has 3 heteroatoms. The number of carbonyl (C=O) groups is 1. The molecule has 0 aliphatic heterocycles. The molecule has 146 valence electrons. The van der Waals surface area contributed by atoms with E-state index in [1.54, 1.807) is 0 Å². The molecular weight excluding hydrogens is 348 g/mol. The quantitative estimate of drug-likeness (QED) is 0.241. The SMILES string of the molecule is CCCCC[C@H](CC(=O)c1ccccc1)O[C@H](c1ccccc1)[Si](C)(C)C. The number of hydrogen-bond acceptors (Lipinski definition) is 2. The molecule has 2 atom stereocenters. The molecule has 0 amide bonds. The summed E-state index contributed by atoms with van der Waals surface area (Å²) in [5.74, 6) is 0.180. The molecule has 0 bridgehead atoms. The van der Waals surface area contributed by atoms with Crippen molar-refractivity contribution in [2.75, 3.05) is 0 Å². The maximum absolute atomic E-state index is 12.8. The third-order valence-corrected chi connectivity index (χ3v) is 6.90. The Bertz CT molecular complexity index is 677. The van der Waals surface area contributed by atoms with E-state index in [2.05, 4.69) is 50.8 Å². The number of rotatable bonds is 11. The Morgan fingerprint density at radius 2 is 1.52 bits per heavy atom. The van der Waals surface area contributed by atoms with Crippen LogP contribution in [-0.2, 0) is 4.74 Å². The van der Waals surface area contributed by atoms with Crippen molar-refractivity contribution in [1.82, 2.24) is 0 Å². The Hall–Kier alpha value is -1.71. The summed E-state index contributed by atoms with van der Waals surface area (Å²) in [6, 6.07) is 20.1. The van der Waals surface area contributed by atoms with Crippen molar-refractivity contribution in [2.45, 2.75) is 70.5 Å². The van der Waals surface area contributed by atoms with Crippen LogP contribution in [-0.4, -0.2) is 20.0 Å². The number of hydrogen-bond donors (Lipinski definition) is 0. The van der Waals surface area contributed by atoms with E-state index in [0.717, 1.165) is 18.4 Å². The molecular formula is C24H34O2Si. The summed E-state index contributed by atoms with van der Waals surface area (Å²) in [6.45, 7) is 9.23. The Balaban J connectivity index is 2.17. The van der Waals surface area contributed by atoms with Crippen LogP contribution in [0.4, 0.5) is 0 Å². The van der Waals surface area contributed by atoms with Crippen molar-refractivity contribution in [1.29, 1.82) is 0 Å². The lowest BCUT2D eigenvalue weighted by Gasteiger charge is -2.33. The lowest BCUT2D eigenvalue weighted by Crippen LogP contribution is -2.36. The van der Waals surface area contributed by atoms with Crippen LogP contribution >= 0.6 is 0 Å². The van der Waals surface area contributed by atoms with Crippen molar-refractivity contribution in [2.24, 2.45) is 0 Å². The molecule has 2 nitrogen and oxygen atoms in total. The highest BCUT2D eigenvalue weighted by atomic mass is 28.3. The van der Waals surface area contributed by atoms with Crippen LogP contribution in [0, 0.1) is 0 Å². The van der Waals surface area contributed by atoms with E-state index in [-0.39, 0.29) is 17.6 Å². The lowest BCUT2D eigenvalue weighted by molar-refractivity contribution is 0.0138. The van der Waals surface area contributed by atoms with Gasteiger partial charge in [0.05, 0.1) is 19.9 Å². The number of Topliss-reactive ketones (excluding diaryl/α,β-unsaturated/α-hetero) is 1. The molecule has 0 aliphatic rings. The van der Waals surface area contributed by atoms with E-state index in [9.17, 15) is 4.79 Å². The molecule has 27 heavy (non-hydrogen) atoms. The first kappa shape index (κ1) is 21.6. The molecule has 0 spiro atoms. The summed E-state index contributed by atoms with van der Waals surface area (Å²) in [6.07, 6.45) is 4.84. The van der Waals surface area contributed by atoms with E-state index in [0.29, 0.717) is 6.42 Å². The van der Waals surface area contributed by atoms with Crippen molar-refractivity contribution < 1.29 is 9.53 Å². The highest BCUT2D eigenvalue weighted by Crippen LogP contribution is 2.31. The maximum Gasteiger partial charge on any atom is 0.165 e. The third kappa shape index (κ3) is 7.08. The van der Waals surface area contributed by atoms with Gasteiger partial charge in [-0.25, -0.2) is 0 Å². The predicted octanol–water partition coefficient (Wildman–Crippen LogP) is 6.84. The van der Waals surface area contributed by atoms with E-state index >= 15 is 0 Å². The minimum absolute atomic E-state index is 0.0267. The average Bonchev–Trinajstić information content (AvgIpc) is 2.66. The lowest BCUT2D eigenvalue weighted by atomic mass is 10.0. The van der Waals surface area contributed by atoms with Gasteiger partial charge < -0.3 is 4.74 Å². The van der Waals surface area contributed by atoms with Gasteiger partial charge in [0.25, 0.3) is 0 Å². The second kappa shape index (κ2) is 10.6. The monoisotopic (exact) mass is 382 g/mol. The van der Waals surface area contributed by atoms with Gasteiger partial charge in [0.2, 0.25) is 0 Å². The van der Waals surface area contributed by atoms with Gasteiger partial charge in [-0.1, -0.05) is 106 Å². The van der Waals surface area contributed by atoms with Gasteiger partial charge in [-0.3, -0.25) is 4.79 Å². The van der Waals surface area contributed by atoms with Crippen LogP contribution in [0.15, 0.2) is 60.7 Å². The highest BCUT2D eigenvalue weighted by molar-refractivity contribution is 6.77. The number of unbranched alkanes of at least 4 members (excludes halogenated alkanes) is 2. The van der Waals surface area contributed by atoms with Gasteiger partial charge in [0.15, 0.2) is 5.78 Å². The number of ether oxygens (including phenoxy) is 1. The summed E-state index contributed by atoms with van der Waals surface area (Å²) in [5, 5.41) is 0. The Kier molecular flexibility index (Phi) is 8.46. The van der Waals surface area contributed by atoms with Crippen LogP contribution in [0.25, 0.3) is 0 Å². The molecule has 2 aromatic rings. The minimum atomic E-state index is -1.60. The molecule has 0 N–H and O–H groups in total. The fourth-order valence-electron chi connectivity index (χ4n) is 3.39. The minimum Gasteiger partial charge on any atom is -0.373 e. The summed E-state index contributed by atoms with van der Waals surface area (Å²) in [4.78, 5) is 12.8. The average molecular weight is 383 g/mol.